The van der Waals surface area contributed by atoms with Crippen molar-refractivity contribution in [2.45, 2.75) is 11.8 Å². The van der Waals surface area contributed by atoms with Gasteiger partial charge in [0, 0.05) is 5.69 Å². The molecule has 12 heteroatoms. The largest absolute Gasteiger partial charge is 0.497 e. The number of nitrogens with zero attached hydrogens (tertiary/aromatic N) is 1. The van der Waals surface area contributed by atoms with Gasteiger partial charge in [-0.25, -0.2) is 18.0 Å². The first-order valence-corrected chi connectivity index (χ1v) is 12.9. The summed E-state index contributed by atoms with van der Waals surface area (Å²) >= 11 is 0. The molecular formula is C27H28N2O9S. The minimum atomic E-state index is -4.32. The Hall–Kier alpha value is -4.58. The van der Waals surface area contributed by atoms with Gasteiger partial charge in [0.1, 0.15) is 22.9 Å². The molecule has 0 aliphatic rings. The van der Waals surface area contributed by atoms with E-state index >= 15 is 0 Å². The molecule has 0 spiro atoms. The normalized spacial score (nSPS) is 10.8. The van der Waals surface area contributed by atoms with Crippen LogP contribution in [-0.4, -0.2) is 61.2 Å². The first kappa shape index (κ1) is 29.0. The molecule has 0 atom stereocenters. The van der Waals surface area contributed by atoms with Gasteiger partial charge in [0.15, 0.2) is 0 Å². The molecule has 3 rings (SSSR count). The van der Waals surface area contributed by atoms with Crippen LogP contribution < -0.4 is 19.1 Å². The van der Waals surface area contributed by atoms with Crippen LogP contribution in [0.3, 0.4) is 0 Å². The van der Waals surface area contributed by atoms with E-state index in [-0.39, 0.29) is 33.1 Å². The maximum absolute atomic E-state index is 13.9. The van der Waals surface area contributed by atoms with E-state index in [9.17, 15) is 22.8 Å². The van der Waals surface area contributed by atoms with Crippen molar-refractivity contribution in [1.29, 1.82) is 0 Å². The molecule has 206 valence electrons. The van der Waals surface area contributed by atoms with Gasteiger partial charge < -0.3 is 24.3 Å². The molecule has 0 fully saturated rings. The molecule has 0 radical (unpaired) electrons. The Morgan fingerprint density at radius 3 is 1.90 bits per heavy atom. The van der Waals surface area contributed by atoms with Crippen LogP contribution in [0.4, 0.5) is 11.4 Å². The molecule has 0 unspecified atom stereocenters. The Kier molecular flexibility index (Phi) is 9.15. The van der Waals surface area contributed by atoms with Crippen molar-refractivity contribution in [3.8, 4) is 11.5 Å². The summed E-state index contributed by atoms with van der Waals surface area (Å²) in [6.07, 6.45) is 0. The predicted octanol–water partition coefficient (Wildman–Crippen LogP) is 3.42. The molecule has 0 aliphatic carbocycles. The topological polar surface area (TPSA) is 138 Å². The average molecular weight is 557 g/mol. The highest BCUT2D eigenvalue weighted by Crippen LogP contribution is 2.32. The van der Waals surface area contributed by atoms with E-state index < -0.39 is 34.4 Å². The third-order valence-corrected chi connectivity index (χ3v) is 7.39. The van der Waals surface area contributed by atoms with Crippen LogP contribution in [0.5, 0.6) is 11.5 Å². The number of aryl methyl sites for hydroxylation is 1. The molecule has 1 amide bonds. The number of carbonyl (C=O) groups excluding carboxylic acids is 3. The fourth-order valence-corrected chi connectivity index (χ4v) is 5.33. The van der Waals surface area contributed by atoms with E-state index in [1.54, 1.807) is 25.1 Å². The lowest BCUT2D eigenvalue weighted by atomic mass is 10.1. The SMILES string of the molecule is COC(=O)c1cc(NC(=O)CN(c2ccc(OC)cc2)S(=O)(=O)c2cc(C)ccc2OC)cc(C(=O)OC)c1. The summed E-state index contributed by atoms with van der Waals surface area (Å²) in [5, 5.41) is 2.55. The average Bonchev–Trinajstić information content (AvgIpc) is 2.94. The number of methoxy groups -OCH3 is 4. The highest BCUT2D eigenvalue weighted by atomic mass is 32.2. The molecule has 3 aromatic rings. The van der Waals surface area contributed by atoms with Gasteiger partial charge in [-0.05, 0) is 67.1 Å². The highest BCUT2D eigenvalue weighted by Gasteiger charge is 2.30. The van der Waals surface area contributed by atoms with Gasteiger partial charge in [0.25, 0.3) is 10.0 Å². The van der Waals surface area contributed by atoms with E-state index in [2.05, 4.69) is 5.32 Å². The molecule has 0 bridgehead atoms. The summed E-state index contributed by atoms with van der Waals surface area (Å²) in [6.45, 7) is 1.08. The van der Waals surface area contributed by atoms with Gasteiger partial charge in [-0.15, -0.1) is 0 Å². The number of benzene rings is 3. The number of hydrogen-bond acceptors (Lipinski definition) is 9. The van der Waals surface area contributed by atoms with Crippen LogP contribution in [0.2, 0.25) is 0 Å². The molecule has 0 aromatic heterocycles. The second-order valence-electron chi connectivity index (χ2n) is 8.19. The van der Waals surface area contributed by atoms with E-state index in [0.717, 1.165) is 4.31 Å². The number of carbonyl (C=O) groups is 3. The van der Waals surface area contributed by atoms with Crippen molar-refractivity contribution in [1.82, 2.24) is 0 Å². The second kappa shape index (κ2) is 12.3. The summed E-state index contributed by atoms with van der Waals surface area (Å²) in [5.41, 5.74) is 0.889. The predicted molar refractivity (Wildman–Crippen MR) is 143 cm³/mol. The van der Waals surface area contributed by atoms with Crippen LogP contribution in [0.15, 0.2) is 65.6 Å². The molecule has 0 heterocycles. The number of nitrogens with one attached hydrogen (secondary N) is 1. The van der Waals surface area contributed by atoms with Crippen molar-refractivity contribution in [2.75, 3.05) is 44.6 Å². The van der Waals surface area contributed by atoms with Crippen molar-refractivity contribution in [3.63, 3.8) is 0 Å². The number of hydrogen-bond donors (Lipinski definition) is 1. The molecule has 1 N–H and O–H groups in total. The first-order valence-electron chi connectivity index (χ1n) is 11.5. The Bertz CT molecular complexity index is 1450. The summed E-state index contributed by atoms with van der Waals surface area (Å²) in [4.78, 5) is 37.3. The van der Waals surface area contributed by atoms with Crippen LogP contribution in [-0.2, 0) is 24.3 Å². The smallest absolute Gasteiger partial charge is 0.337 e. The standard InChI is InChI=1S/C27H28N2O9S/c1-17-6-11-23(36-3)24(12-17)39(33,34)29(21-7-9-22(35-2)10-8-21)16-25(30)28-20-14-18(26(31)37-4)13-19(15-20)27(32)38-5/h6-15H,16H2,1-5H3,(H,28,30). The van der Waals surface area contributed by atoms with Crippen molar-refractivity contribution in [3.05, 3.63) is 77.4 Å². The minimum Gasteiger partial charge on any atom is -0.497 e. The number of ether oxygens (including phenoxy) is 4. The lowest BCUT2D eigenvalue weighted by molar-refractivity contribution is -0.114. The molecule has 39 heavy (non-hydrogen) atoms. The van der Waals surface area contributed by atoms with Crippen molar-refractivity contribution in [2.24, 2.45) is 0 Å². The first-order chi connectivity index (χ1) is 18.5. The zero-order valence-corrected chi connectivity index (χ0v) is 22.8. The van der Waals surface area contributed by atoms with E-state index in [4.69, 9.17) is 18.9 Å². The molecular weight excluding hydrogens is 528 g/mol. The van der Waals surface area contributed by atoms with Crippen LogP contribution in [0.1, 0.15) is 26.3 Å². The zero-order chi connectivity index (χ0) is 28.7. The highest BCUT2D eigenvalue weighted by molar-refractivity contribution is 7.93. The maximum atomic E-state index is 13.9. The minimum absolute atomic E-state index is 0.0140. The fourth-order valence-electron chi connectivity index (χ4n) is 3.67. The molecule has 0 saturated carbocycles. The zero-order valence-electron chi connectivity index (χ0n) is 22.0. The van der Waals surface area contributed by atoms with Gasteiger partial charge >= 0.3 is 11.9 Å². The van der Waals surface area contributed by atoms with Gasteiger partial charge in [0.2, 0.25) is 5.91 Å². The van der Waals surface area contributed by atoms with Gasteiger partial charge in [-0.3, -0.25) is 9.10 Å². The lowest BCUT2D eigenvalue weighted by Crippen LogP contribution is -2.38. The summed E-state index contributed by atoms with van der Waals surface area (Å²) < 4.78 is 48.6. The van der Waals surface area contributed by atoms with E-state index in [1.807, 2.05) is 0 Å². The molecule has 0 aliphatic heterocycles. The second-order valence-corrected chi connectivity index (χ2v) is 10.0. The van der Waals surface area contributed by atoms with Crippen LogP contribution in [0.25, 0.3) is 0 Å². The third-order valence-electron chi connectivity index (χ3n) is 5.59. The Labute approximate surface area is 226 Å². The Balaban J connectivity index is 2.04. The van der Waals surface area contributed by atoms with Crippen molar-refractivity contribution >= 4 is 39.2 Å². The number of amides is 1. The van der Waals surface area contributed by atoms with Crippen LogP contribution in [0, 0.1) is 6.92 Å². The molecule has 11 nitrogen and oxygen atoms in total. The van der Waals surface area contributed by atoms with Crippen molar-refractivity contribution < 1.29 is 41.7 Å². The van der Waals surface area contributed by atoms with Gasteiger partial charge in [-0.2, -0.15) is 0 Å². The fraction of sp³-hybridized carbons (Fsp3) is 0.222. The summed E-state index contributed by atoms with van der Waals surface area (Å²) in [6, 6.07) is 14.7. The number of sulfonamides is 1. The Morgan fingerprint density at radius 1 is 0.795 bits per heavy atom. The van der Waals surface area contributed by atoms with E-state index in [1.165, 1.54) is 70.9 Å². The quantitative estimate of drug-likeness (QED) is 0.372. The van der Waals surface area contributed by atoms with E-state index in [0.29, 0.717) is 11.3 Å². The summed E-state index contributed by atoms with van der Waals surface area (Å²) in [5.74, 6) is -1.65. The molecule has 0 saturated heterocycles. The monoisotopic (exact) mass is 556 g/mol. The lowest BCUT2D eigenvalue weighted by Gasteiger charge is -2.25. The van der Waals surface area contributed by atoms with Gasteiger partial charge in [0.05, 0.1) is 45.3 Å². The van der Waals surface area contributed by atoms with Crippen LogP contribution >= 0.6 is 0 Å². The maximum Gasteiger partial charge on any atom is 0.337 e. The molecule has 3 aromatic carbocycles. The number of esters is 2. The number of rotatable bonds is 10. The third kappa shape index (κ3) is 6.65. The summed E-state index contributed by atoms with van der Waals surface area (Å²) in [7, 11) is 0.840. The number of anilines is 2. The Morgan fingerprint density at radius 2 is 1.38 bits per heavy atom. The van der Waals surface area contributed by atoms with Gasteiger partial charge in [-0.1, -0.05) is 6.07 Å².